The molecule has 1 atom stereocenters. The molecule has 24 heavy (non-hydrogen) atoms. The number of H-pyrrole nitrogens is 1. The summed E-state index contributed by atoms with van der Waals surface area (Å²) in [4.78, 5) is 21.8. The molecule has 8 heteroatoms. The topological polar surface area (TPSA) is 101 Å². The lowest BCUT2D eigenvalue weighted by atomic mass is 10.2. The summed E-state index contributed by atoms with van der Waals surface area (Å²) in [5.74, 6) is 1.73. The summed E-state index contributed by atoms with van der Waals surface area (Å²) in [6, 6.07) is 3.51. The quantitative estimate of drug-likeness (QED) is 0.722. The molecule has 1 saturated heterocycles. The molecule has 8 nitrogen and oxygen atoms in total. The van der Waals surface area contributed by atoms with E-state index in [1.165, 1.54) is 0 Å². The lowest BCUT2D eigenvalue weighted by Crippen LogP contribution is -2.24. The van der Waals surface area contributed by atoms with Gasteiger partial charge in [-0.2, -0.15) is 0 Å². The number of aliphatic hydroxyl groups is 1. The summed E-state index contributed by atoms with van der Waals surface area (Å²) in [7, 11) is 0. The van der Waals surface area contributed by atoms with Gasteiger partial charge >= 0.3 is 0 Å². The molecule has 2 aliphatic rings. The van der Waals surface area contributed by atoms with Crippen LogP contribution < -0.4 is 15.0 Å². The van der Waals surface area contributed by atoms with Crippen molar-refractivity contribution in [3.8, 4) is 11.5 Å². The summed E-state index contributed by atoms with van der Waals surface area (Å²) in [5.41, 5.74) is 0.879. The first-order valence-corrected chi connectivity index (χ1v) is 7.83. The minimum atomic E-state index is -0.321. The molecule has 0 aliphatic carbocycles. The molecule has 3 aromatic rings. The van der Waals surface area contributed by atoms with E-state index in [0.29, 0.717) is 46.9 Å². The van der Waals surface area contributed by atoms with E-state index < -0.39 is 0 Å². The Bertz CT molecular complexity index is 1010. The van der Waals surface area contributed by atoms with Crippen LogP contribution in [-0.2, 0) is 6.54 Å². The highest BCUT2D eigenvalue weighted by atomic mass is 16.7. The second-order valence-electron chi connectivity index (χ2n) is 6.14. The van der Waals surface area contributed by atoms with Gasteiger partial charge in [0.25, 0.3) is 5.56 Å². The highest BCUT2D eigenvalue weighted by Gasteiger charge is 2.25. The third-order valence-corrected chi connectivity index (χ3v) is 4.50. The van der Waals surface area contributed by atoms with Gasteiger partial charge in [-0.3, -0.25) is 9.69 Å². The van der Waals surface area contributed by atoms with Crippen molar-refractivity contribution < 1.29 is 19.0 Å². The number of β-amino-alcohol motifs (C(OH)–C–C–N with tert-alkyl or cyclic N) is 1. The van der Waals surface area contributed by atoms with Crippen molar-refractivity contribution in [3.63, 3.8) is 0 Å². The summed E-state index contributed by atoms with van der Waals surface area (Å²) in [6.07, 6.45) is 0.420. The molecule has 1 aromatic carbocycles. The first-order valence-electron chi connectivity index (χ1n) is 7.83. The van der Waals surface area contributed by atoms with Gasteiger partial charge in [-0.25, -0.2) is 4.98 Å². The molecule has 124 valence electrons. The van der Waals surface area contributed by atoms with E-state index >= 15 is 0 Å². The van der Waals surface area contributed by atoms with Gasteiger partial charge in [0.1, 0.15) is 16.9 Å². The number of likely N-dealkylation sites (tertiary alicyclic amines) is 1. The third kappa shape index (κ3) is 2.00. The Morgan fingerprint density at radius 2 is 2.29 bits per heavy atom. The van der Waals surface area contributed by atoms with Gasteiger partial charge in [0.15, 0.2) is 11.5 Å². The predicted octanol–water partition coefficient (Wildman–Crippen LogP) is 0.965. The average molecular weight is 329 g/mol. The summed E-state index contributed by atoms with van der Waals surface area (Å²) in [5, 5.41) is 10.3. The van der Waals surface area contributed by atoms with E-state index in [0.717, 1.165) is 13.0 Å². The van der Waals surface area contributed by atoms with Crippen LogP contribution in [0.3, 0.4) is 0 Å². The third-order valence-electron chi connectivity index (χ3n) is 4.50. The highest BCUT2D eigenvalue weighted by Crippen LogP contribution is 2.42. The van der Waals surface area contributed by atoms with Gasteiger partial charge in [-0.15, -0.1) is 0 Å². The first kappa shape index (κ1) is 13.8. The number of ether oxygens (including phenoxy) is 2. The van der Waals surface area contributed by atoms with Gasteiger partial charge in [0, 0.05) is 13.1 Å². The summed E-state index contributed by atoms with van der Waals surface area (Å²) in [6.45, 7) is 1.98. The number of aliphatic hydroxyl groups excluding tert-OH is 1. The van der Waals surface area contributed by atoms with Crippen LogP contribution in [-0.4, -0.2) is 46.0 Å². The highest BCUT2D eigenvalue weighted by molar-refractivity contribution is 6.07. The summed E-state index contributed by atoms with van der Waals surface area (Å²) < 4.78 is 16.6. The molecule has 2 N–H and O–H groups in total. The van der Waals surface area contributed by atoms with E-state index in [-0.39, 0.29) is 24.0 Å². The monoisotopic (exact) mass is 329 g/mol. The Morgan fingerprint density at radius 1 is 1.38 bits per heavy atom. The number of hydrogen-bond donors (Lipinski definition) is 2. The van der Waals surface area contributed by atoms with E-state index in [1.54, 1.807) is 12.1 Å². The number of furan rings is 1. The molecule has 4 heterocycles. The largest absolute Gasteiger partial charge is 0.454 e. The van der Waals surface area contributed by atoms with Crippen LogP contribution in [0.15, 0.2) is 21.3 Å². The Morgan fingerprint density at radius 3 is 3.12 bits per heavy atom. The number of aromatic amines is 1. The van der Waals surface area contributed by atoms with E-state index in [9.17, 15) is 9.90 Å². The minimum absolute atomic E-state index is 0.142. The molecule has 0 saturated carbocycles. The minimum Gasteiger partial charge on any atom is -0.454 e. The van der Waals surface area contributed by atoms with Gasteiger partial charge in [-0.05, 0) is 18.6 Å². The number of rotatable bonds is 2. The van der Waals surface area contributed by atoms with Crippen LogP contribution >= 0.6 is 0 Å². The molecule has 0 bridgehead atoms. The second kappa shape index (κ2) is 4.96. The van der Waals surface area contributed by atoms with Crippen LogP contribution in [0.2, 0.25) is 0 Å². The maximum Gasteiger partial charge on any atom is 0.294 e. The molecule has 2 aromatic heterocycles. The number of nitrogens with one attached hydrogen (secondary N) is 1. The van der Waals surface area contributed by atoms with E-state index in [4.69, 9.17) is 13.9 Å². The van der Waals surface area contributed by atoms with Crippen LogP contribution in [0.1, 0.15) is 12.2 Å². The van der Waals surface area contributed by atoms with Gasteiger partial charge in [0.05, 0.1) is 18.0 Å². The molecule has 0 radical (unpaired) electrons. The lowest BCUT2D eigenvalue weighted by molar-refractivity contribution is 0.174. The zero-order chi connectivity index (χ0) is 16.3. The number of fused-ring (bicyclic) bond motifs is 5. The maximum atomic E-state index is 12.4. The fourth-order valence-corrected chi connectivity index (χ4v) is 3.39. The maximum absolute atomic E-state index is 12.4. The van der Waals surface area contributed by atoms with Crippen molar-refractivity contribution in [3.05, 3.63) is 28.3 Å². The van der Waals surface area contributed by atoms with Crippen LogP contribution in [0, 0.1) is 0 Å². The van der Waals surface area contributed by atoms with E-state index in [2.05, 4.69) is 14.9 Å². The molecule has 0 spiro atoms. The second-order valence-corrected chi connectivity index (χ2v) is 6.14. The van der Waals surface area contributed by atoms with Crippen molar-refractivity contribution >= 4 is 22.1 Å². The SMILES string of the molecule is O=c1[nH]c(CN2CC[C@H](O)C2)nc2c1oc1ccc3c(c12)OCO3. The van der Waals surface area contributed by atoms with Crippen LogP contribution in [0.25, 0.3) is 22.1 Å². The molecule has 2 aliphatic heterocycles. The fourth-order valence-electron chi connectivity index (χ4n) is 3.39. The molecule has 1 fully saturated rings. The zero-order valence-corrected chi connectivity index (χ0v) is 12.7. The predicted molar refractivity (Wildman–Crippen MR) is 84.2 cm³/mol. The Labute approximate surface area is 135 Å². The van der Waals surface area contributed by atoms with Gasteiger partial charge in [-0.1, -0.05) is 0 Å². The average Bonchev–Trinajstić information content (AvgIpc) is 3.24. The number of benzene rings is 1. The van der Waals surface area contributed by atoms with Crippen molar-refractivity contribution in [2.45, 2.75) is 19.1 Å². The molecular formula is C16H15N3O5. The van der Waals surface area contributed by atoms with Crippen LogP contribution in [0.4, 0.5) is 0 Å². The Balaban J connectivity index is 1.67. The Hall–Kier alpha value is -2.58. The molecule has 5 rings (SSSR count). The standard InChI is InChI=1S/C16H15N3O5/c20-8-3-4-19(5-8)6-11-17-13-12-9(24-15(13)16(21)18-11)1-2-10-14(12)23-7-22-10/h1-2,8,20H,3-7H2,(H,17,18,21)/t8-/m0/s1. The van der Waals surface area contributed by atoms with Crippen molar-refractivity contribution in [2.24, 2.45) is 0 Å². The molecule has 0 amide bonds. The van der Waals surface area contributed by atoms with Crippen molar-refractivity contribution in [2.75, 3.05) is 19.9 Å². The zero-order valence-electron chi connectivity index (χ0n) is 12.7. The van der Waals surface area contributed by atoms with Gasteiger partial charge in [0.2, 0.25) is 12.4 Å². The first-order chi connectivity index (χ1) is 11.7. The smallest absolute Gasteiger partial charge is 0.294 e. The van der Waals surface area contributed by atoms with Gasteiger partial charge < -0.3 is 24.0 Å². The number of nitrogens with zero attached hydrogens (tertiary/aromatic N) is 2. The Kier molecular flexibility index (Phi) is 2.85. The summed E-state index contributed by atoms with van der Waals surface area (Å²) >= 11 is 0. The van der Waals surface area contributed by atoms with Crippen molar-refractivity contribution in [1.29, 1.82) is 0 Å². The molecule has 0 unspecified atom stereocenters. The fraction of sp³-hybridized carbons (Fsp3) is 0.375. The van der Waals surface area contributed by atoms with Crippen LogP contribution in [0.5, 0.6) is 11.5 Å². The molecular weight excluding hydrogens is 314 g/mol. The normalized spacial score (nSPS) is 20.5. The van der Waals surface area contributed by atoms with Crippen molar-refractivity contribution in [1.82, 2.24) is 14.9 Å². The lowest BCUT2D eigenvalue weighted by Gasteiger charge is -2.13. The van der Waals surface area contributed by atoms with E-state index in [1.807, 2.05) is 0 Å². The number of aromatic nitrogens is 2. The number of hydrogen-bond acceptors (Lipinski definition) is 7.